The molecule has 0 aliphatic carbocycles. The van der Waals surface area contributed by atoms with E-state index in [9.17, 15) is 14.7 Å². The molecule has 6 heteroatoms. The Labute approximate surface area is 151 Å². The smallest absolute Gasteiger partial charge is 0.326 e. The molecule has 0 heterocycles. The van der Waals surface area contributed by atoms with Crippen LogP contribution < -0.4 is 10.1 Å². The zero-order valence-corrected chi connectivity index (χ0v) is 15.0. The van der Waals surface area contributed by atoms with E-state index in [-0.39, 0.29) is 6.42 Å². The van der Waals surface area contributed by atoms with Crippen molar-refractivity contribution in [1.29, 1.82) is 0 Å². The van der Waals surface area contributed by atoms with Gasteiger partial charge in [-0.15, -0.1) is 11.8 Å². The zero-order chi connectivity index (χ0) is 18.2. The van der Waals surface area contributed by atoms with Gasteiger partial charge in [-0.05, 0) is 43.0 Å². The molecule has 2 aromatic carbocycles. The molecular weight excluding hydrogens is 338 g/mol. The lowest BCUT2D eigenvalue weighted by atomic mass is 10.1. The zero-order valence-electron chi connectivity index (χ0n) is 14.1. The van der Waals surface area contributed by atoms with Gasteiger partial charge in [0.1, 0.15) is 11.8 Å². The highest BCUT2D eigenvalue weighted by Crippen LogP contribution is 2.19. The van der Waals surface area contributed by atoms with E-state index in [1.54, 1.807) is 30.8 Å². The maximum atomic E-state index is 12.3. The molecule has 2 N–H and O–H groups in total. The Bertz CT molecular complexity index is 703. The third-order valence-corrected chi connectivity index (χ3v) is 4.38. The minimum absolute atomic E-state index is 0.219. The molecule has 0 aliphatic rings. The van der Waals surface area contributed by atoms with Crippen LogP contribution in [0, 0.1) is 0 Å². The molecule has 0 aliphatic heterocycles. The lowest BCUT2D eigenvalue weighted by Gasteiger charge is -2.19. The summed E-state index contributed by atoms with van der Waals surface area (Å²) in [6, 6.07) is 15.6. The van der Waals surface area contributed by atoms with Crippen molar-refractivity contribution in [3.8, 4) is 5.75 Å². The monoisotopic (exact) mass is 359 g/mol. The van der Waals surface area contributed by atoms with Crippen LogP contribution in [0.1, 0.15) is 12.5 Å². The first-order valence-electron chi connectivity index (χ1n) is 7.87. The van der Waals surface area contributed by atoms with Crippen LogP contribution in [0.2, 0.25) is 0 Å². The normalized spacial score (nSPS) is 12.9. The van der Waals surface area contributed by atoms with Gasteiger partial charge in [0.25, 0.3) is 5.91 Å². The van der Waals surface area contributed by atoms with Gasteiger partial charge in [-0.25, -0.2) is 4.79 Å². The molecule has 0 fully saturated rings. The van der Waals surface area contributed by atoms with E-state index in [1.807, 2.05) is 48.7 Å². The Morgan fingerprint density at radius 3 is 2.32 bits per heavy atom. The fourth-order valence-electron chi connectivity index (χ4n) is 2.25. The number of nitrogens with one attached hydrogen (secondary N) is 1. The van der Waals surface area contributed by atoms with Gasteiger partial charge in [0, 0.05) is 11.3 Å². The van der Waals surface area contributed by atoms with E-state index in [2.05, 4.69) is 5.32 Å². The minimum atomic E-state index is -1.08. The van der Waals surface area contributed by atoms with Crippen LogP contribution in [0.25, 0.3) is 0 Å². The quantitative estimate of drug-likeness (QED) is 0.709. The second kappa shape index (κ2) is 9.13. The minimum Gasteiger partial charge on any atom is -0.481 e. The average molecular weight is 359 g/mol. The van der Waals surface area contributed by atoms with Crippen molar-refractivity contribution in [2.24, 2.45) is 0 Å². The van der Waals surface area contributed by atoms with Gasteiger partial charge < -0.3 is 15.2 Å². The van der Waals surface area contributed by atoms with Crippen molar-refractivity contribution in [2.45, 2.75) is 30.4 Å². The third-order valence-electron chi connectivity index (χ3n) is 3.64. The van der Waals surface area contributed by atoms with Crippen LogP contribution in [0.3, 0.4) is 0 Å². The van der Waals surface area contributed by atoms with Gasteiger partial charge in [0.15, 0.2) is 6.10 Å². The van der Waals surface area contributed by atoms with Gasteiger partial charge in [-0.1, -0.05) is 30.3 Å². The number of carboxylic acids is 1. The predicted octanol–water partition coefficient (Wildman–Crippen LogP) is 2.99. The number of benzene rings is 2. The van der Waals surface area contributed by atoms with Crippen molar-refractivity contribution in [1.82, 2.24) is 5.32 Å². The molecule has 132 valence electrons. The number of rotatable bonds is 8. The number of amides is 1. The molecular formula is C19H21NO4S. The van der Waals surface area contributed by atoms with E-state index in [0.717, 1.165) is 10.5 Å². The molecule has 2 aromatic rings. The molecule has 2 rings (SSSR count). The van der Waals surface area contributed by atoms with E-state index in [4.69, 9.17) is 4.74 Å². The summed E-state index contributed by atoms with van der Waals surface area (Å²) in [4.78, 5) is 24.8. The fraction of sp³-hybridized carbons (Fsp3) is 0.263. The first-order chi connectivity index (χ1) is 12.0. The van der Waals surface area contributed by atoms with E-state index >= 15 is 0 Å². The van der Waals surface area contributed by atoms with Crippen LogP contribution in [-0.4, -0.2) is 35.4 Å². The molecule has 0 saturated carbocycles. The topological polar surface area (TPSA) is 75.6 Å². The van der Waals surface area contributed by atoms with Crippen molar-refractivity contribution in [3.63, 3.8) is 0 Å². The maximum absolute atomic E-state index is 12.3. The lowest BCUT2D eigenvalue weighted by Crippen LogP contribution is -2.47. The Morgan fingerprint density at radius 2 is 1.76 bits per heavy atom. The molecule has 25 heavy (non-hydrogen) atoms. The summed E-state index contributed by atoms with van der Waals surface area (Å²) in [5, 5.41) is 11.9. The fourth-order valence-corrected chi connectivity index (χ4v) is 2.66. The number of aliphatic carboxylic acids is 1. The summed E-state index contributed by atoms with van der Waals surface area (Å²) >= 11 is 1.62. The average Bonchev–Trinajstić information content (AvgIpc) is 2.62. The molecule has 0 saturated heterocycles. The van der Waals surface area contributed by atoms with Crippen LogP contribution in [0.4, 0.5) is 0 Å². The number of carboxylic acid groups (broad SMARTS) is 1. The molecule has 0 aromatic heterocycles. The molecule has 2 unspecified atom stereocenters. The van der Waals surface area contributed by atoms with E-state index in [0.29, 0.717) is 5.75 Å². The SMILES string of the molecule is CSc1ccc(OC(C)C(=O)NC(Cc2ccccc2)C(=O)O)cc1. The Balaban J connectivity index is 1.95. The Kier molecular flexibility index (Phi) is 6.89. The van der Waals surface area contributed by atoms with Crippen molar-refractivity contribution in [3.05, 3.63) is 60.2 Å². The molecule has 2 atom stereocenters. The van der Waals surface area contributed by atoms with Crippen LogP contribution in [0.15, 0.2) is 59.5 Å². The number of thioether (sulfide) groups is 1. The van der Waals surface area contributed by atoms with Gasteiger partial charge in [-0.2, -0.15) is 0 Å². The highest BCUT2D eigenvalue weighted by Gasteiger charge is 2.24. The first-order valence-corrected chi connectivity index (χ1v) is 9.10. The Morgan fingerprint density at radius 1 is 1.12 bits per heavy atom. The van der Waals surface area contributed by atoms with Crippen molar-refractivity contribution >= 4 is 23.6 Å². The van der Waals surface area contributed by atoms with Gasteiger partial charge in [0.05, 0.1) is 0 Å². The highest BCUT2D eigenvalue weighted by atomic mass is 32.2. The number of carbonyl (C=O) groups excluding carboxylic acids is 1. The highest BCUT2D eigenvalue weighted by molar-refractivity contribution is 7.98. The molecule has 0 spiro atoms. The maximum Gasteiger partial charge on any atom is 0.326 e. The predicted molar refractivity (Wildman–Crippen MR) is 98.0 cm³/mol. The molecule has 5 nitrogen and oxygen atoms in total. The Hall–Kier alpha value is -2.47. The number of carbonyl (C=O) groups is 2. The van der Waals surface area contributed by atoms with Crippen LogP contribution >= 0.6 is 11.8 Å². The molecule has 1 amide bonds. The number of hydrogen-bond donors (Lipinski definition) is 2. The number of ether oxygens (including phenoxy) is 1. The molecule has 0 radical (unpaired) electrons. The molecule has 0 bridgehead atoms. The summed E-state index contributed by atoms with van der Waals surface area (Å²) in [7, 11) is 0. The van der Waals surface area contributed by atoms with Gasteiger partial charge in [0.2, 0.25) is 0 Å². The second-order valence-corrected chi connectivity index (χ2v) is 6.40. The summed E-state index contributed by atoms with van der Waals surface area (Å²) in [6.07, 6.45) is 1.40. The lowest BCUT2D eigenvalue weighted by molar-refractivity contribution is -0.142. The third kappa shape index (κ3) is 5.83. The summed E-state index contributed by atoms with van der Waals surface area (Å²) < 4.78 is 5.59. The van der Waals surface area contributed by atoms with Crippen molar-refractivity contribution in [2.75, 3.05) is 6.26 Å². The van der Waals surface area contributed by atoms with Crippen LogP contribution in [-0.2, 0) is 16.0 Å². The van der Waals surface area contributed by atoms with E-state index < -0.39 is 24.0 Å². The van der Waals surface area contributed by atoms with Crippen molar-refractivity contribution < 1.29 is 19.4 Å². The summed E-state index contributed by atoms with van der Waals surface area (Å²) in [5.74, 6) is -0.971. The second-order valence-electron chi connectivity index (χ2n) is 5.52. The van der Waals surface area contributed by atoms with Gasteiger partial charge in [-0.3, -0.25) is 4.79 Å². The van der Waals surface area contributed by atoms with Crippen LogP contribution in [0.5, 0.6) is 5.75 Å². The largest absolute Gasteiger partial charge is 0.481 e. The van der Waals surface area contributed by atoms with Gasteiger partial charge >= 0.3 is 5.97 Å². The summed E-state index contributed by atoms with van der Waals surface area (Å²) in [6.45, 7) is 1.60. The standard InChI is InChI=1S/C19H21NO4S/c1-13(24-15-8-10-16(25-2)11-9-15)18(21)20-17(19(22)23)12-14-6-4-3-5-7-14/h3-11,13,17H,12H2,1-2H3,(H,20,21)(H,22,23). The first kappa shape index (κ1) is 18.9. The van der Waals surface area contributed by atoms with E-state index in [1.165, 1.54) is 0 Å². The summed E-state index contributed by atoms with van der Waals surface area (Å²) in [5.41, 5.74) is 0.844. The number of hydrogen-bond acceptors (Lipinski definition) is 4.